The molecule has 1 saturated heterocycles. The summed E-state index contributed by atoms with van der Waals surface area (Å²) < 4.78 is 25.4. The highest BCUT2D eigenvalue weighted by atomic mass is 19.3. The second-order valence-electron chi connectivity index (χ2n) is 3.08. The second kappa shape index (κ2) is 2.74. The molecule has 0 aliphatic carbocycles. The third-order valence-corrected chi connectivity index (χ3v) is 1.76. The maximum absolute atomic E-state index is 12.7. The molecule has 0 saturated carbocycles. The van der Waals surface area contributed by atoms with Gasteiger partial charge < -0.3 is 0 Å². The largest absolute Gasteiger partial charge is 0.299 e. The number of alkyl halides is 2. The number of hydrogen-bond acceptors (Lipinski definition) is 2. The summed E-state index contributed by atoms with van der Waals surface area (Å²) in [5, 5.41) is 8.43. The van der Waals surface area contributed by atoms with E-state index >= 15 is 0 Å². The Kier molecular flexibility index (Phi) is 2.10. The molecule has 2 nitrogen and oxygen atoms in total. The molecule has 1 atom stereocenters. The van der Waals surface area contributed by atoms with Gasteiger partial charge in [-0.1, -0.05) is 0 Å². The normalized spacial score (nSPS) is 31.3. The predicted molar refractivity (Wildman–Crippen MR) is 36.2 cm³/mol. The van der Waals surface area contributed by atoms with Crippen molar-refractivity contribution in [3.63, 3.8) is 0 Å². The number of piperidine rings is 1. The van der Waals surface area contributed by atoms with Gasteiger partial charge in [-0.25, -0.2) is 8.78 Å². The lowest BCUT2D eigenvalue weighted by Gasteiger charge is -2.32. The Morgan fingerprint density at radius 1 is 1.64 bits per heavy atom. The first-order valence-electron chi connectivity index (χ1n) is 3.49. The minimum absolute atomic E-state index is 0.217. The summed E-state index contributed by atoms with van der Waals surface area (Å²) in [4.78, 5) is 1.50. The van der Waals surface area contributed by atoms with Crippen LogP contribution >= 0.6 is 0 Å². The Hall–Kier alpha value is -0.690. The molecule has 0 N–H and O–H groups in total. The average Bonchev–Trinajstić information content (AvgIpc) is 1.83. The van der Waals surface area contributed by atoms with E-state index in [9.17, 15) is 8.78 Å². The summed E-state index contributed by atoms with van der Waals surface area (Å²) in [7, 11) is 1.61. The van der Waals surface area contributed by atoms with Gasteiger partial charge in [-0.05, 0) is 7.05 Å². The number of nitrogens with zero attached hydrogens (tertiary/aromatic N) is 2. The van der Waals surface area contributed by atoms with E-state index in [1.165, 1.54) is 4.90 Å². The van der Waals surface area contributed by atoms with Crippen molar-refractivity contribution in [2.24, 2.45) is 5.92 Å². The topological polar surface area (TPSA) is 27.0 Å². The Morgan fingerprint density at radius 3 is 2.73 bits per heavy atom. The molecule has 0 bridgehead atoms. The van der Waals surface area contributed by atoms with Gasteiger partial charge in [0.25, 0.3) is 5.92 Å². The molecule has 0 aromatic heterocycles. The molecule has 1 aliphatic rings. The molecule has 1 fully saturated rings. The maximum atomic E-state index is 12.7. The van der Waals surface area contributed by atoms with Gasteiger partial charge in [0.1, 0.15) is 0 Å². The van der Waals surface area contributed by atoms with Crippen molar-refractivity contribution in [1.29, 1.82) is 5.26 Å². The molecule has 1 aliphatic heterocycles. The smallest absolute Gasteiger partial charge is 0.261 e. The summed E-state index contributed by atoms with van der Waals surface area (Å²) in [6.07, 6.45) is -0.284. The van der Waals surface area contributed by atoms with Crippen molar-refractivity contribution >= 4 is 0 Å². The lowest BCUT2D eigenvalue weighted by Crippen LogP contribution is -2.44. The quantitative estimate of drug-likeness (QED) is 0.530. The van der Waals surface area contributed by atoms with E-state index in [-0.39, 0.29) is 13.0 Å². The van der Waals surface area contributed by atoms with Crippen molar-refractivity contribution in [1.82, 2.24) is 4.90 Å². The van der Waals surface area contributed by atoms with E-state index < -0.39 is 11.8 Å². The molecule has 0 amide bonds. The monoisotopic (exact) mass is 160 g/mol. The van der Waals surface area contributed by atoms with Crippen molar-refractivity contribution in [2.75, 3.05) is 20.1 Å². The lowest BCUT2D eigenvalue weighted by molar-refractivity contribution is -0.0689. The van der Waals surface area contributed by atoms with Crippen molar-refractivity contribution in [3.8, 4) is 6.07 Å². The summed E-state index contributed by atoms with van der Waals surface area (Å²) in [5.41, 5.74) is 0. The highest BCUT2D eigenvalue weighted by molar-refractivity contribution is 4.93. The summed E-state index contributed by atoms with van der Waals surface area (Å²) >= 11 is 0. The van der Waals surface area contributed by atoms with Gasteiger partial charge in [0.05, 0.1) is 18.5 Å². The van der Waals surface area contributed by atoms with Gasteiger partial charge in [-0.2, -0.15) is 5.26 Å². The fraction of sp³-hybridized carbons (Fsp3) is 0.857. The van der Waals surface area contributed by atoms with Crippen LogP contribution in [0.4, 0.5) is 8.78 Å². The van der Waals surface area contributed by atoms with Gasteiger partial charge >= 0.3 is 0 Å². The van der Waals surface area contributed by atoms with E-state index in [1.54, 1.807) is 7.05 Å². The zero-order valence-electron chi connectivity index (χ0n) is 6.35. The summed E-state index contributed by atoms with van der Waals surface area (Å²) in [5.74, 6) is -3.18. The highest BCUT2D eigenvalue weighted by Gasteiger charge is 2.38. The van der Waals surface area contributed by atoms with Crippen LogP contribution in [0.2, 0.25) is 0 Å². The van der Waals surface area contributed by atoms with Crippen LogP contribution in [0.5, 0.6) is 0 Å². The molecule has 1 heterocycles. The van der Waals surface area contributed by atoms with Crippen molar-refractivity contribution in [3.05, 3.63) is 0 Å². The zero-order chi connectivity index (χ0) is 8.48. The molecule has 4 heteroatoms. The van der Waals surface area contributed by atoms with Crippen molar-refractivity contribution in [2.45, 2.75) is 12.3 Å². The zero-order valence-corrected chi connectivity index (χ0v) is 6.35. The minimum atomic E-state index is -2.67. The Balaban J connectivity index is 2.60. The van der Waals surface area contributed by atoms with Crippen LogP contribution in [0.15, 0.2) is 0 Å². The maximum Gasteiger partial charge on any atom is 0.261 e. The molecule has 0 spiro atoms. The van der Waals surface area contributed by atoms with E-state index in [4.69, 9.17) is 5.26 Å². The van der Waals surface area contributed by atoms with Crippen LogP contribution in [0, 0.1) is 17.2 Å². The Morgan fingerprint density at radius 2 is 2.27 bits per heavy atom. The number of hydrogen-bond donors (Lipinski definition) is 0. The third kappa shape index (κ3) is 2.12. The molecule has 11 heavy (non-hydrogen) atoms. The van der Waals surface area contributed by atoms with Crippen LogP contribution in [-0.4, -0.2) is 31.0 Å². The van der Waals surface area contributed by atoms with Crippen LogP contribution in [-0.2, 0) is 0 Å². The average molecular weight is 160 g/mol. The fourth-order valence-corrected chi connectivity index (χ4v) is 1.41. The van der Waals surface area contributed by atoms with E-state index in [1.807, 2.05) is 6.07 Å². The van der Waals surface area contributed by atoms with Gasteiger partial charge in [-0.15, -0.1) is 0 Å². The molecule has 1 rings (SSSR count). The molecular weight excluding hydrogens is 150 g/mol. The number of likely N-dealkylation sites (tertiary alicyclic amines) is 1. The molecular formula is C7H10F2N2. The van der Waals surface area contributed by atoms with E-state index in [0.29, 0.717) is 6.54 Å². The second-order valence-corrected chi connectivity index (χ2v) is 3.08. The number of halogens is 2. The molecule has 1 unspecified atom stereocenters. The first kappa shape index (κ1) is 8.41. The predicted octanol–water partition coefficient (Wildman–Crippen LogP) is 1.10. The molecule has 0 radical (unpaired) electrons. The van der Waals surface area contributed by atoms with E-state index in [2.05, 4.69) is 0 Å². The summed E-state index contributed by atoms with van der Waals surface area (Å²) in [6, 6.07) is 1.87. The summed E-state index contributed by atoms with van der Waals surface area (Å²) in [6.45, 7) is 0.247. The van der Waals surface area contributed by atoms with Gasteiger partial charge in [-0.3, -0.25) is 4.90 Å². The first-order valence-corrected chi connectivity index (χ1v) is 3.49. The SMILES string of the molecule is CN1CC(C#N)CC(F)(F)C1. The van der Waals surface area contributed by atoms with Gasteiger partial charge in [0.15, 0.2) is 0 Å². The van der Waals surface area contributed by atoms with Crippen LogP contribution in [0.3, 0.4) is 0 Å². The Labute approximate surface area is 64.4 Å². The fourth-order valence-electron chi connectivity index (χ4n) is 1.41. The molecule has 0 aromatic carbocycles. The lowest BCUT2D eigenvalue weighted by atomic mass is 9.97. The Bertz CT molecular complexity index is 185. The van der Waals surface area contributed by atoms with Crippen LogP contribution < -0.4 is 0 Å². The van der Waals surface area contributed by atoms with Crippen LogP contribution in [0.25, 0.3) is 0 Å². The van der Waals surface area contributed by atoms with E-state index in [0.717, 1.165) is 0 Å². The first-order chi connectivity index (χ1) is 5.03. The number of rotatable bonds is 0. The third-order valence-electron chi connectivity index (χ3n) is 1.76. The van der Waals surface area contributed by atoms with Gasteiger partial charge in [0, 0.05) is 13.0 Å². The number of nitriles is 1. The van der Waals surface area contributed by atoms with Crippen LogP contribution in [0.1, 0.15) is 6.42 Å². The molecule has 0 aromatic rings. The van der Waals surface area contributed by atoms with Crippen molar-refractivity contribution < 1.29 is 8.78 Å². The standard InChI is InChI=1S/C7H10F2N2/c1-11-4-6(3-10)2-7(8,9)5-11/h6H,2,4-5H2,1H3. The highest BCUT2D eigenvalue weighted by Crippen LogP contribution is 2.28. The minimum Gasteiger partial charge on any atom is -0.299 e. The molecule has 62 valence electrons. The van der Waals surface area contributed by atoms with Gasteiger partial charge in [0.2, 0.25) is 0 Å².